The smallest absolute Gasteiger partial charge is 0.142 e. The van der Waals surface area contributed by atoms with Gasteiger partial charge in [-0.1, -0.05) is 30.3 Å². The Hall–Kier alpha value is -2.57. The molecule has 3 heterocycles. The molecule has 0 radical (unpaired) electrons. The molecule has 45 heavy (non-hydrogen) atoms. The van der Waals surface area contributed by atoms with Gasteiger partial charge in [-0.05, 0) is 54.5 Å². The fraction of sp³-hybridized carbons (Fsp3) is 0.629. The number of methoxy groups -OCH3 is 2. The Morgan fingerprint density at radius 2 is 1.76 bits per heavy atom. The Kier molecular flexibility index (Phi) is 13.5. The molecule has 248 valence electrons. The summed E-state index contributed by atoms with van der Waals surface area (Å²) in [4.78, 5) is 16.0. The van der Waals surface area contributed by atoms with E-state index in [0.29, 0.717) is 39.6 Å². The highest BCUT2D eigenvalue weighted by Crippen LogP contribution is 2.35. The Morgan fingerprint density at radius 1 is 0.933 bits per heavy atom. The van der Waals surface area contributed by atoms with E-state index in [4.69, 9.17) is 28.4 Å². The number of anilines is 1. The van der Waals surface area contributed by atoms with E-state index in [2.05, 4.69) is 57.6 Å². The van der Waals surface area contributed by atoms with Gasteiger partial charge >= 0.3 is 0 Å². The van der Waals surface area contributed by atoms with Crippen molar-refractivity contribution in [2.75, 3.05) is 84.8 Å². The maximum atomic E-state index is 11.4. The second kappa shape index (κ2) is 17.9. The number of aldehydes is 1. The minimum atomic E-state index is -0.0991. The van der Waals surface area contributed by atoms with Crippen molar-refractivity contribution in [1.29, 1.82) is 0 Å². The van der Waals surface area contributed by atoms with Crippen molar-refractivity contribution in [3.8, 4) is 5.75 Å². The number of rotatable bonds is 17. The topological polar surface area (TPSA) is 91.0 Å². The Labute approximate surface area is 268 Å². The monoisotopic (exact) mass is 625 g/mol. The van der Waals surface area contributed by atoms with E-state index in [9.17, 15) is 4.79 Å². The van der Waals surface area contributed by atoms with E-state index in [0.717, 1.165) is 93.9 Å². The van der Waals surface area contributed by atoms with Crippen LogP contribution in [0.3, 0.4) is 0 Å². The first-order valence-corrected chi connectivity index (χ1v) is 16.5. The highest BCUT2D eigenvalue weighted by molar-refractivity contribution is 5.61. The molecule has 5 rings (SSSR count). The molecule has 1 N–H and O–H groups in total. The van der Waals surface area contributed by atoms with Gasteiger partial charge in [-0.25, -0.2) is 0 Å². The first kappa shape index (κ1) is 33.8. The zero-order valence-electron chi connectivity index (χ0n) is 27.0. The molecule has 0 saturated carbocycles. The molecule has 0 aromatic heterocycles. The molecule has 4 atom stereocenters. The van der Waals surface area contributed by atoms with Gasteiger partial charge < -0.3 is 43.4 Å². The number of ether oxygens (including phenoxy) is 6. The summed E-state index contributed by atoms with van der Waals surface area (Å²) in [6, 6.07) is 15.0. The molecule has 2 aromatic rings. The van der Waals surface area contributed by atoms with Crippen LogP contribution < -0.4 is 15.0 Å². The van der Waals surface area contributed by atoms with E-state index in [1.807, 2.05) is 0 Å². The summed E-state index contributed by atoms with van der Waals surface area (Å²) in [6.45, 7) is 8.14. The third-order valence-corrected chi connectivity index (χ3v) is 8.98. The number of hydrogen-bond acceptors (Lipinski definition) is 10. The molecular formula is C35H51N3O7. The summed E-state index contributed by atoms with van der Waals surface area (Å²) in [5.74, 6) is 0.952. The van der Waals surface area contributed by atoms with Crippen molar-refractivity contribution in [3.05, 3.63) is 59.2 Å². The molecule has 0 amide bonds. The van der Waals surface area contributed by atoms with E-state index >= 15 is 0 Å². The molecule has 3 aliphatic heterocycles. The lowest BCUT2D eigenvalue weighted by atomic mass is 9.84. The second-order valence-electron chi connectivity index (χ2n) is 12.1. The van der Waals surface area contributed by atoms with Crippen molar-refractivity contribution in [2.24, 2.45) is 0 Å². The van der Waals surface area contributed by atoms with Gasteiger partial charge in [0, 0.05) is 52.9 Å². The van der Waals surface area contributed by atoms with Gasteiger partial charge in [0.05, 0.1) is 57.4 Å². The van der Waals surface area contributed by atoms with Crippen molar-refractivity contribution in [2.45, 2.75) is 63.3 Å². The van der Waals surface area contributed by atoms with Gasteiger partial charge in [0.2, 0.25) is 0 Å². The molecule has 1 unspecified atom stereocenters. The second-order valence-corrected chi connectivity index (χ2v) is 12.1. The molecule has 2 aromatic carbocycles. The Balaban J connectivity index is 1.31. The number of fused-ring (bicyclic) bond motifs is 1. The summed E-state index contributed by atoms with van der Waals surface area (Å²) in [5, 5.41) is 3.58. The molecule has 2 saturated heterocycles. The highest BCUT2D eigenvalue weighted by Gasteiger charge is 2.38. The normalized spacial score (nSPS) is 23.8. The fourth-order valence-corrected chi connectivity index (χ4v) is 6.62. The van der Waals surface area contributed by atoms with Crippen molar-refractivity contribution in [1.82, 2.24) is 10.2 Å². The van der Waals surface area contributed by atoms with Gasteiger partial charge in [-0.15, -0.1) is 0 Å². The Bertz CT molecular complexity index is 1170. The largest absolute Gasteiger partial charge is 0.490 e. The van der Waals surface area contributed by atoms with Gasteiger partial charge in [-0.3, -0.25) is 4.90 Å². The van der Waals surface area contributed by atoms with Crippen molar-refractivity contribution >= 4 is 12.0 Å². The maximum Gasteiger partial charge on any atom is 0.142 e. The quantitative estimate of drug-likeness (QED) is 0.207. The van der Waals surface area contributed by atoms with Gasteiger partial charge in [0.15, 0.2) is 0 Å². The van der Waals surface area contributed by atoms with Crippen LogP contribution >= 0.6 is 0 Å². The summed E-state index contributed by atoms with van der Waals surface area (Å²) in [5.41, 5.74) is 4.54. The van der Waals surface area contributed by atoms with E-state index in [1.165, 1.54) is 5.56 Å². The standard InChI is InChI=1S/C35H51N3O7/c1-40-18-5-14-37-16-19-43-31-12-9-28(22-30(31)37)26-44-32-23-36-24-33(45-34-6-3-4-13-38(34)15-17-39)35(32)29-10-7-27(8-11-29)25-42-21-20-41-2/h7-12,17,22,32-36H,3-6,13-16,18-21,23-26H2,1-2H3/t32-,33+,34?,35+/m0/s1. The molecule has 0 bridgehead atoms. The third kappa shape index (κ3) is 9.48. The van der Waals surface area contributed by atoms with Gasteiger partial charge in [0.1, 0.15) is 24.9 Å². The molecule has 3 aliphatic rings. The molecular weight excluding hydrogens is 574 g/mol. The van der Waals surface area contributed by atoms with Crippen LogP contribution in [-0.4, -0.2) is 110 Å². The number of hydrogen-bond donors (Lipinski definition) is 1. The number of likely N-dealkylation sites (tertiary alicyclic amines) is 1. The lowest BCUT2D eigenvalue weighted by Gasteiger charge is -2.43. The highest BCUT2D eigenvalue weighted by atomic mass is 16.5. The van der Waals surface area contributed by atoms with Crippen LogP contribution in [0.2, 0.25) is 0 Å². The summed E-state index contributed by atoms with van der Waals surface area (Å²) >= 11 is 0. The summed E-state index contributed by atoms with van der Waals surface area (Å²) in [7, 11) is 3.42. The van der Waals surface area contributed by atoms with E-state index < -0.39 is 0 Å². The predicted molar refractivity (Wildman–Crippen MR) is 173 cm³/mol. The number of benzene rings is 2. The molecule has 10 nitrogen and oxygen atoms in total. The van der Waals surface area contributed by atoms with E-state index in [-0.39, 0.29) is 24.4 Å². The number of carbonyl (C=O) groups is 1. The fourth-order valence-electron chi connectivity index (χ4n) is 6.62. The van der Waals surface area contributed by atoms with Crippen molar-refractivity contribution < 1.29 is 33.2 Å². The molecule has 2 fully saturated rings. The van der Waals surface area contributed by atoms with Crippen LogP contribution in [-0.2, 0) is 41.7 Å². The Morgan fingerprint density at radius 3 is 2.58 bits per heavy atom. The minimum absolute atomic E-state index is 0.0289. The summed E-state index contributed by atoms with van der Waals surface area (Å²) in [6.07, 6.45) is 4.81. The number of nitrogens with one attached hydrogen (secondary N) is 1. The summed E-state index contributed by atoms with van der Waals surface area (Å²) < 4.78 is 35.7. The minimum Gasteiger partial charge on any atom is -0.490 e. The molecule has 0 spiro atoms. The molecule has 0 aliphatic carbocycles. The maximum absolute atomic E-state index is 11.4. The van der Waals surface area contributed by atoms with E-state index in [1.54, 1.807) is 14.2 Å². The van der Waals surface area contributed by atoms with Gasteiger partial charge in [-0.2, -0.15) is 0 Å². The van der Waals surface area contributed by atoms with Crippen LogP contribution in [0.1, 0.15) is 48.3 Å². The van der Waals surface area contributed by atoms with Crippen LogP contribution in [0.4, 0.5) is 5.69 Å². The number of carbonyl (C=O) groups excluding carboxylic acids is 1. The lowest BCUT2D eigenvalue weighted by Crippen LogP contribution is -2.54. The first-order valence-electron chi connectivity index (χ1n) is 16.5. The number of piperidine rings is 2. The lowest BCUT2D eigenvalue weighted by molar-refractivity contribution is -0.148. The number of nitrogens with zero attached hydrogens (tertiary/aromatic N) is 2. The van der Waals surface area contributed by atoms with Gasteiger partial charge in [0.25, 0.3) is 0 Å². The van der Waals surface area contributed by atoms with Crippen LogP contribution in [0.25, 0.3) is 0 Å². The van der Waals surface area contributed by atoms with Crippen LogP contribution in [0.15, 0.2) is 42.5 Å². The zero-order chi connectivity index (χ0) is 31.3. The third-order valence-electron chi connectivity index (χ3n) is 8.98. The zero-order valence-corrected chi connectivity index (χ0v) is 27.0. The van der Waals surface area contributed by atoms with Crippen LogP contribution in [0, 0.1) is 0 Å². The average molecular weight is 626 g/mol. The van der Waals surface area contributed by atoms with Crippen LogP contribution in [0.5, 0.6) is 5.75 Å². The van der Waals surface area contributed by atoms with Crippen molar-refractivity contribution in [3.63, 3.8) is 0 Å². The molecule has 10 heteroatoms. The SMILES string of the molecule is COCCCN1CCOc2ccc(CO[C@H]3CNC[C@@H](OC4CCCCN4CC=O)[C@@H]3c3ccc(COCCOC)cc3)cc21. The predicted octanol–water partition coefficient (Wildman–Crippen LogP) is 3.75. The average Bonchev–Trinajstić information content (AvgIpc) is 3.07. The first-order chi connectivity index (χ1) is 22.2.